The van der Waals surface area contributed by atoms with E-state index in [0.29, 0.717) is 12.2 Å². The lowest BCUT2D eigenvalue weighted by molar-refractivity contribution is 0.502. The quantitative estimate of drug-likeness (QED) is 0.880. The normalized spacial score (nSPS) is 12.4. The van der Waals surface area contributed by atoms with Gasteiger partial charge in [-0.1, -0.05) is 30.7 Å². The zero-order valence-corrected chi connectivity index (χ0v) is 13.0. The molecule has 0 saturated heterocycles. The van der Waals surface area contributed by atoms with Crippen LogP contribution < -0.4 is 5.32 Å². The zero-order valence-electron chi connectivity index (χ0n) is 12.2. The van der Waals surface area contributed by atoms with Crippen LogP contribution in [-0.2, 0) is 6.42 Å². The molecule has 2 rings (SSSR count). The molecular formula is C16H19ClFN3. The third-order valence-electron chi connectivity index (χ3n) is 3.21. The number of aryl methyl sites for hydroxylation is 1. The van der Waals surface area contributed by atoms with Gasteiger partial charge in [-0.3, -0.25) is 0 Å². The van der Waals surface area contributed by atoms with E-state index in [9.17, 15) is 4.39 Å². The maximum absolute atomic E-state index is 13.6. The van der Waals surface area contributed by atoms with Crippen molar-refractivity contribution in [3.8, 4) is 0 Å². The lowest BCUT2D eigenvalue weighted by Gasteiger charge is -2.18. The molecule has 2 aromatic rings. The second-order valence-corrected chi connectivity index (χ2v) is 5.42. The second kappa shape index (κ2) is 7.48. The SMILES string of the molecule is CCCNC(Cc1cccc(F)c1Cl)c1ncc(C)cn1. The van der Waals surface area contributed by atoms with Crippen molar-refractivity contribution in [2.24, 2.45) is 0 Å². The van der Waals surface area contributed by atoms with Crippen LogP contribution in [0.1, 0.15) is 36.3 Å². The summed E-state index contributed by atoms with van der Waals surface area (Å²) in [6.45, 7) is 4.88. The minimum absolute atomic E-state index is 0.0788. The topological polar surface area (TPSA) is 37.8 Å². The molecule has 112 valence electrons. The molecule has 1 aromatic heterocycles. The van der Waals surface area contributed by atoms with Gasteiger partial charge in [-0.25, -0.2) is 14.4 Å². The van der Waals surface area contributed by atoms with Crippen LogP contribution in [0.25, 0.3) is 0 Å². The van der Waals surface area contributed by atoms with Crippen molar-refractivity contribution >= 4 is 11.6 Å². The molecule has 5 heteroatoms. The molecule has 1 N–H and O–H groups in total. The summed E-state index contributed by atoms with van der Waals surface area (Å²) in [4.78, 5) is 8.74. The highest BCUT2D eigenvalue weighted by molar-refractivity contribution is 6.31. The molecule has 0 fully saturated rings. The van der Waals surface area contributed by atoms with Gasteiger partial charge in [-0.15, -0.1) is 0 Å². The predicted molar refractivity (Wildman–Crippen MR) is 82.9 cm³/mol. The number of benzene rings is 1. The van der Waals surface area contributed by atoms with Crippen molar-refractivity contribution in [2.45, 2.75) is 32.7 Å². The molecule has 0 amide bonds. The van der Waals surface area contributed by atoms with Crippen molar-refractivity contribution in [2.75, 3.05) is 6.54 Å². The highest BCUT2D eigenvalue weighted by atomic mass is 35.5. The van der Waals surface area contributed by atoms with Gasteiger partial charge in [0.2, 0.25) is 0 Å². The van der Waals surface area contributed by atoms with Gasteiger partial charge in [0.1, 0.15) is 11.6 Å². The molecule has 1 aromatic carbocycles. The fourth-order valence-corrected chi connectivity index (χ4v) is 2.28. The van der Waals surface area contributed by atoms with Crippen molar-refractivity contribution in [1.29, 1.82) is 0 Å². The van der Waals surface area contributed by atoms with E-state index in [1.165, 1.54) is 6.07 Å². The van der Waals surface area contributed by atoms with Crippen LogP contribution in [0.3, 0.4) is 0 Å². The summed E-state index contributed by atoms with van der Waals surface area (Å²) in [7, 11) is 0. The number of rotatable bonds is 6. The van der Waals surface area contributed by atoms with Crippen LogP contribution in [0.15, 0.2) is 30.6 Å². The van der Waals surface area contributed by atoms with E-state index < -0.39 is 5.82 Å². The highest BCUT2D eigenvalue weighted by Gasteiger charge is 2.17. The van der Waals surface area contributed by atoms with Gasteiger partial charge in [0.25, 0.3) is 0 Å². The summed E-state index contributed by atoms with van der Waals surface area (Å²) in [5.74, 6) is 0.308. The van der Waals surface area contributed by atoms with E-state index in [1.54, 1.807) is 18.5 Å². The van der Waals surface area contributed by atoms with E-state index in [2.05, 4.69) is 22.2 Å². The lowest BCUT2D eigenvalue weighted by atomic mass is 10.0. The van der Waals surface area contributed by atoms with Crippen LogP contribution >= 0.6 is 11.6 Å². The van der Waals surface area contributed by atoms with Crippen molar-refractivity contribution < 1.29 is 4.39 Å². The summed E-state index contributed by atoms with van der Waals surface area (Å²) < 4.78 is 13.6. The molecule has 0 spiro atoms. The summed E-state index contributed by atoms with van der Waals surface area (Å²) in [5, 5.41) is 3.57. The molecule has 0 aliphatic carbocycles. The van der Waals surface area contributed by atoms with Crippen molar-refractivity contribution in [1.82, 2.24) is 15.3 Å². The molecule has 0 aliphatic heterocycles. The molecule has 1 unspecified atom stereocenters. The Bertz CT molecular complexity index is 587. The molecule has 0 bridgehead atoms. The van der Waals surface area contributed by atoms with Crippen LogP contribution in [0.5, 0.6) is 0 Å². The monoisotopic (exact) mass is 307 g/mol. The standard InChI is InChI=1S/C16H19ClFN3/c1-3-7-19-14(16-20-9-11(2)10-21-16)8-12-5-4-6-13(18)15(12)17/h4-6,9-10,14,19H,3,7-8H2,1-2H3. The van der Waals surface area contributed by atoms with E-state index in [1.807, 2.05) is 13.0 Å². The molecule has 0 saturated carbocycles. The van der Waals surface area contributed by atoms with Crippen LogP contribution in [0.4, 0.5) is 4.39 Å². The molecule has 1 atom stereocenters. The first-order valence-electron chi connectivity index (χ1n) is 7.06. The van der Waals surface area contributed by atoms with Gasteiger partial charge in [0.15, 0.2) is 0 Å². The number of nitrogens with zero attached hydrogens (tertiary/aromatic N) is 2. The Kier molecular flexibility index (Phi) is 5.65. The van der Waals surface area contributed by atoms with Gasteiger partial charge >= 0.3 is 0 Å². The predicted octanol–water partition coefficient (Wildman–Crippen LogP) is 3.86. The van der Waals surface area contributed by atoms with Gasteiger partial charge in [-0.05, 0) is 43.5 Å². The van der Waals surface area contributed by atoms with Crippen LogP contribution in [0, 0.1) is 12.7 Å². The average molecular weight is 308 g/mol. The fourth-order valence-electron chi connectivity index (χ4n) is 2.08. The minimum Gasteiger partial charge on any atom is -0.307 e. The number of halogens is 2. The molecular weight excluding hydrogens is 289 g/mol. The third kappa shape index (κ3) is 4.22. The average Bonchev–Trinajstić information content (AvgIpc) is 2.49. The Hall–Kier alpha value is -1.52. The molecule has 0 radical (unpaired) electrons. The van der Waals surface area contributed by atoms with Crippen LogP contribution in [0.2, 0.25) is 5.02 Å². The lowest BCUT2D eigenvalue weighted by Crippen LogP contribution is -2.26. The summed E-state index contributed by atoms with van der Waals surface area (Å²) in [6, 6.07) is 4.79. The minimum atomic E-state index is -0.395. The zero-order chi connectivity index (χ0) is 15.2. The fraction of sp³-hybridized carbons (Fsp3) is 0.375. The van der Waals surface area contributed by atoms with Gasteiger partial charge in [-0.2, -0.15) is 0 Å². The number of hydrogen-bond donors (Lipinski definition) is 1. The largest absolute Gasteiger partial charge is 0.307 e. The maximum Gasteiger partial charge on any atom is 0.145 e. The highest BCUT2D eigenvalue weighted by Crippen LogP contribution is 2.24. The van der Waals surface area contributed by atoms with Gasteiger partial charge in [0.05, 0.1) is 11.1 Å². The van der Waals surface area contributed by atoms with E-state index in [4.69, 9.17) is 11.6 Å². The molecule has 1 heterocycles. The first-order valence-corrected chi connectivity index (χ1v) is 7.44. The van der Waals surface area contributed by atoms with Crippen molar-refractivity contribution in [3.63, 3.8) is 0 Å². The number of aromatic nitrogens is 2. The number of nitrogens with one attached hydrogen (secondary N) is 1. The van der Waals surface area contributed by atoms with Crippen LogP contribution in [-0.4, -0.2) is 16.5 Å². The Morgan fingerprint density at radius 3 is 2.67 bits per heavy atom. The van der Waals surface area contributed by atoms with Gasteiger partial charge in [0, 0.05) is 12.4 Å². The van der Waals surface area contributed by atoms with E-state index >= 15 is 0 Å². The smallest absolute Gasteiger partial charge is 0.145 e. The summed E-state index contributed by atoms with van der Waals surface area (Å²) in [5.41, 5.74) is 1.77. The molecule has 0 aliphatic rings. The summed E-state index contributed by atoms with van der Waals surface area (Å²) >= 11 is 6.04. The molecule has 21 heavy (non-hydrogen) atoms. The Morgan fingerprint density at radius 1 is 1.29 bits per heavy atom. The first kappa shape index (κ1) is 15.9. The third-order valence-corrected chi connectivity index (χ3v) is 3.63. The Labute approximate surface area is 129 Å². The summed E-state index contributed by atoms with van der Waals surface area (Å²) in [6.07, 6.45) is 5.13. The number of hydrogen-bond acceptors (Lipinski definition) is 3. The Morgan fingerprint density at radius 2 is 2.00 bits per heavy atom. The van der Waals surface area contributed by atoms with Gasteiger partial charge < -0.3 is 5.32 Å². The molecule has 3 nitrogen and oxygen atoms in total. The van der Waals surface area contributed by atoms with E-state index in [-0.39, 0.29) is 11.1 Å². The van der Waals surface area contributed by atoms with E-state index in [0.717, 1.165) is 24.1 Å². The van der Waals surface area contributed by atoms with Crippen molar-refractivity contribution in [3.05, 3.63) is 58.4 Å². The first-order chi connectivity index (χ1) is 10.1. The second-order valence-electron chi connectivity index (χ2n) is 5.04. The maximum atomic E-state index is 13.6. The Balaban J connectivity index is 2.23.